The molecule has 3 N–H and O–H groups in total. The van der Waals surface area contributed by atoms with Crippen LogP contribution < -0.4 is 5.73 Å². The molecule has 12 heavy (non-hydrogen) atoms. The molecular formula is C8H17N3O. The largest absolute Gasteiger partial charge is 0.409 e. The first kappa shape index (κ1) is 9.32. The highest BCUT2D eigenvalue weighted by Gasteiger charge is 2.19. The van der Waals surface area contributed by atoms with Crippen molar-refractivity contribution in [3.63, 3.8) is 0 Å². The number of hydrogen-bond donors (Lipinski definition) is 2. The molecule has 0 spiro atoms. The van der Waals surface area contributed by atoms with E-state index < -0.39 is 0 Å². The Hall–Kier alpha value is -0.770. The van der Waals surface area contributed by atoms with E-state index in [1.54, 1.807) is 0 Å². The smallest absolute Gasteiger partial charge is 0.153 e. The number of nitrogens with two attached hydrogens (primary N) is 1. The Morgan fingerprint density at radius 3 is 2.75 bits per heavy atom. The molecule has 0 atom stereocenters. The summed E-state index contributed by atoms with van der Waals surface area (Å²) in [5, 5.41) is 11.3. The Morgan fingerprint density at radius 2 is 2.33 bits per heavy atom. The van der Waals surface area contributed by atoms with Gasteiger partial charge in [-0.25, -0.2) is 0 Å². The molecular weight excluding hydrogens is 154 g/mol. The van der Waals surface area contributed by atoms with Gasteiger partial charge in [0.25, 0.3) is 0 Å². The van der Waals surface area contributed by atoms with Gasteiger partial charge >= 0.3 is 0 Å². The van der Waals surface area contributed by atoms with E-state index in [2.05, 4.69) is 10.1 Å². The van der Waals surface area contributed by atoms with Crippen molar-refractivity contribution in [1.82, 2.24) is 4.90 Å². The van der Waals surface area contributed by atoms with E-state index >= 15 is 0 Å². The standard InChI is InChI=1S/C8H17N3O/c1-11(6-8(9)10-12)5-7-3-2-4-7/h7,12H,2-6H2,1H3,(H2,9,10). The summed E-state index contributed by atoms with van der Waals surface area (Å²) in [7, 11) is 2.00. The number of nitrogens with zero attached hydrogens (tertiary/aromatic N) is 2. The van der Waals surface area contributed by atoms with Crippen LogP contribution in [0.15, 0.2) is 5.16 Å². The number of amidine groups is 1. The molecule has 0 aromatic carbocycles. The van der Waals surface area contributed by atoms with Crippen LogP contribution in [-0.2, 0) is 0 Å². The molecule has 1 rings (SSSR count). The van der Waals surface area contributed by atoms with Crippen LogP contribution in [0.2, 0.25) is 0 Å². The van der Waals surface area contributed by atoms with Gasteiger partial charge in [-0.15, -0.1) is 0 Å². The molecule has 4 nitrogen and oxygen atoms in total. The van der Waals surface area contributed by atoms with Crippen LogP contribution in [0.4, 0.5) is 0 Å². The Bertz CT molecular complexity index is 166. The highest BCUT2D eigenvalue weighted by Crippen LogP contribution is 2.26. The lowest BCUT2D eigenvalue weighted by Crippen LogP contribution is -2.36. The van der Waals surface area contributed by atoms with Crippen LogP contribution in [0.3, 0.4) is 0 Å². The Kier molecular flexibility index (Phi) is 3.34. The predicted octanol–water partition coefficient (Wildman–Crippen LogP) is 0.465. The average Bonchev–Trinajstić information content (AvgIpc) is 1.97. The van der Waals surface area contributed by atoms with Crippen molar-refractivity contribution in [2.75, 3.05) is 20.1 Å². The van der Waals surface area contributed by atoms with E-state index in [-0.39, 0.29) is 5.84 Å². The lowest BCUT2D eigenvalue weighted by atomic mass is 9.85. The zero-order valence-corrected chi connectivity index (χ0v) is 7.53. The van der Waals surface area contributed by atoms with Crippen molar-refractivity contribution in [2.24, 2.45) is 16.8 Å². The summed E-state index contributed by atoms with van der Waals surface area (Å²) in [5.74, 6) is 1.12. The molecule has 0 aromatic rings. The SMILES string of the molecule is CN(CC(N)=NO)CC1CCC1. The van der Waals surface area contributed by atoms with Crippen molar-refractivity contribution in [3.8, 4) is 0 Å². The van der Waals surface area contributed by atoms with Gasteiger partial charge in [-0.3, -0.25) is 4.90 Å². The van der Waals surface area contributed by atoms with E-state index in [1.165, 1.54) is 19.3 Å². The van der Waals surface area contributed by atoms with Crippen LogP contribution >= 0.6 is 0 Å². The zero-order chi connectivity index (χ0) is 8.97. The summed E-state index contributed by atoms with van der Waals surface area (Å²) in [4.78, 5) is 2.10. The second kappa shape index (κ2) is 4.30. The molecule has 0 aliphatic heterocycles. The molecule has 1 aliphatic rings. The van der Waals surface area contributed by atoms with E-state index in [4.69, 9.17) is 10.9 Å². The summed E-state index contributed by atoms with van der Waals surface area (Å²) < 4.78 is 0. The van der Waals surface area contributed by atoms with Crippen molar-refractivity contribution in [3.05, 3.63) is 0 Å². The van der Waals surface area contributed by atoms with Crippen LogP contribution in [0.1, 0.15) is 19.3 Å². The first-order valence-electron chi connectivity index (χ1n) is 4.37. The molecule has 0 amide bonds. The lowest BCUT2D eigenvalue weighted by molar-refractivity contribution is 0.219. The third-order valence-electron chi connectivity index (χ3n) is 2.35. The second-order valence-electron chi connectivity index (χ2n) is 3.59. The number of hydrogen-bond acceptors (Lipinski definition) is 3. The topological polar surface area (TPSA) is 61.8 Å². The van der Waals surface area contributed by atoms with Gasteiger partial charge in [0.15, 0.2) is 5.84 Å². The minimum Gasteiger partial charge on any atom is -0.409 e. The summed E-state index contributed by atoms with van der Waals surface area (Å²) in [6.07, 6.45) is 4.03. The maximum absolute atomic E-state index is 8.33. The molecule has 0 unspecified atom stereocenters. The fourth-order valence-corrected chi connectivity index (χ4v) is 1.49. The second-order valence-corrected chi connectivity index (χ2v) is 3.59. The number of oxime groups is 1. The van der Waals surface area contributed by atoms with Gasteiger partial charge in [0.1, 0.15) is 0 Å². The minimum atomic E-state index is 0.289. The molecule has 1 saturated carbocycles. The van der Waals surface area contributed by atoms with Crippen molar-refractivity contribution >= 4 is 5.84 Å². The van der Waals surface area contributed by atoms with Gasteiger partial charge in [0.05, 0.1) is 6.54 Å². The fourth-order valence-electron chi connectivity index (χ4n) is 1.49. The molecule has 0 radical (unpaired) electrons. The average molecular weight is 171 g/mol. The van der Waals surface area contributed by atoms with Gasteiger partial charge in [0, 0.05) is 6.54 Å². The number of rotatable bonds is 4. The number of likely N-dealkylation sites (N-methyl/N-ethyl adjacent to an activating group) is 1. The van der Waals surface area contributed by atoms with Gasteiger partial charge in [-0.2, -0.15) is 0 Å². The van der Waals surface area contributed by atoms with E-state index in [1.807, 2.05) is 7.05 Å². The normalized spacial score (nSPS) is 19.7. The molecule has 0 saturated heterocycles. The predicted molar refractivity (Wildman–Crippen MR) is 48.2 cm³/mol. The summed E-state index contributed by atoms with van der Waals surface area (Å²) in [6.45, 7) is 1.63. The highest BCUT2D eigenvalue weighted by molar-refractivity contribution is 5.81. The molecule has 0 heterocycles. The van der Waals surface area contributed by atoms with E-state index in [9.17, 15) is 0 Å². The lowest BCUT2D eigenvalue weighted by Gasteiger charge is -2.29. The van der Waals surface area contributed by atoms with Crippen molar-refractivity contribution in [2.45, 2.75) is 19.3 Å². The van der Waals surface area contributed by atoms with Crippen LogP contribution in [0.5, 0.6) is 0 Å². The van der Waals surface area contributed by atoms with Crippen LogP contribution in [0.25, 0.3) is 0 Å². The van der Waals surface area contributed by atoms with E-state index in [0.717, 1.165) is 12.5 Å². The first-order chi connectivity index (χ1) is 5.72. The Morgan fingerprint density at radius 1 is 1.67 bits per heavy atom. The monoisotopic (exact) mass is 171 g/mol. The van der Waals surface area contributed by atoms with Gasteiger partial charge < -0.3 is 10.9 Å². The third kappa shape index (κ3) is 2.70. The van der Waals surface area contributed by atoms with Gasteiger partial charge in [-0.05, 0) is 25.8 Å². The van der Waals surface area contributed by atoms with Crippen LogP contribution in [0, 0.1) is 5.92 Å². The highest BCUT2D eigenvalue weighted by atomic mass is 16.4. The maximum atomic E-state index is 8.33. The zero-order valence-electron chi connectivity index (χ0n) is 7.53. The van der Waals surface area contributed by atoms with Crippen LogP contribution in [-0.4, -0.2) is 36.1 Å². The summed E-state index contributed by atoms with van der Waals surface area (Å²) in [5.41, 5.74) is 5.37. The maximum Gasteiger partial charge on any atom is 0.153 e. The van der Waals surface area contributed by atoms with Gasteiger partial charge in [-0.1, -0.05) is 11.6 Å². The van der Waals surface area contributed by atoms with Crippen molar-refractivity contribution < 1.29 is 5.21 Å². The molecule has 0 aromatic heterocycles. The third-order valence-corrected chi connectivity index (χ3v) is 2.35. The molecule has 4 heteroatoms. The Labute approximate surface area is 73.0 Å². The first-order valence-corrected chi connectivity index (χ1v) is 4.37. The molecule has 1 fully saturated rings. The van der Waals surface area contributed by atoms with Gasteiger partial charge in [0.2, 0.25) is 0 Å². The molecule has 1 aliphatic carbocycles. The summed E-state index contributed by atoms with van der Waals surface area (Å²) in [6, 6.07) is 0. The fraction of sp³-hybridized carbons (Fsp3) is 0.875. The summed E-state index contributed by atoms with van der Waals surface area (Å²) >= 11 is 0. The minimum absolute atomic E-state index is 0.289. The van der Waals surface area contributed by atoms with E-state index in [0.29, 0.717) is 6.54 Å². The quantitative estimate of drug-likeness (QED) is 0.280. The Balaban J connectivity index is 2.14. The molecule has 0 bridgehead atoms. The molecule has 70 valence electrons. The van der Waals surface area contributed by atoms with Crippen molar-refractivity contribution in [1.29, 1.82) is 0 Å².